The van der Waals surface area contributed by atoms with E-state index in [9.17, 15) is 19.2 Å². The van der Waals surface area contributed by atoms with Crippen LogP contribution in [-0.4, -0.2) is 33.7 Å². The van der Waals surface area contributed by atoms with Gasteiger partial charge in [-0.2, -0.15) is 0 Å². The molecule has 0 heterocycles. The summed E-state index contributed by atoms with van der Waals surface area (Å²) in [4.78, 5) is 40.6. The zero-order chi connectivity index (χ0) is 14.7. The van der Waals surface area contributed by atoms with Crippen LogP contribution < -0.4 is 0 Å². The van der Waals surface area contributed by atoms with Crippen molar-refractivity contribution in [2.24, 2.45) is 5.92 Å². The van der Waals surface area contributed by atoms with Gasteiger partial charge in [-0.3, -0.25) is 19.2 Å². The maximum atomic E-state index is 11.2. The molecule has 18 heavy (non-hydrogen) atoms. The van der Waals surface area contributed by atoms with E-state index in [0.717, 1.165) is 12.8 Å². The summed E-state index contributed by atoms with van der Waals surface area (Å²) in [5, 5.41) is 15.4. The van der Waals surface area contributed by atoms with Crippen molar-refractivity contribution in [1.29, 1.82) is 0 Å². The van der Waals surface area contributed by atoms with Crippen molar-refractivity contribution < 1.29 is 29.4 Å². The van der Waals surface area contributed by atoms with E-state index in [1.165, 1.54) is 6.92 Å². The Hall–Kier alpha value is -1.72. The summed E-state index contributed by atoms with van der Waals surface area (Å²) in [6, 6.07) is 0. The zero-order valence-corrected chi connectivity index (χ0v) is 10.9. The van der Waals surface area contributed by atoms with E-state index < -0.39 is 18.4 Å². The number of ketones is 2. The summed E-state index contributed by atoms with van der Waals surface area (Å²) in [6.45, 7) is 5.42. The molecule has 0 spiro atoms. The molecule has 0 unspecified atom stereocenters. The quantitative estimate of drug-likeness (QED) is 0.672. The summed E-state index contributed by atoms with van der Waals surface area (Å²) in [5.74, 6) is -2.46. The predicted octanol–water partition coefficient (Wildman–Crippen LogP) is 1.52. The van der Waals surface area contributed by atoms with Crippen LogP contribution in [0.2, 0.25) is 0 Å². The third kappa shape index (κ3) is 12.4. The van der Waals surface area contributed by atoms with Gasteiger partial charge in [-0.1, -0.05) is 13.8 Å². The second-order valence-electron chi connectivity index (χ2n) is 3.82. The van der Waals surface area contributed by atoms with E-state index in [0.29, 0.717) is 0 Å². The number of Topliss-reactive ketones (excluding diaryl/α,β-unsaturated/α-hetero) is 2. The number of rotatable bonds is 7. The molecule has 6 heteroatoms. The molecule has 0 saturated carbocycles. The van der Waals surface area contributed by atoms with E-state index in [-0.39, 0.29) is 23.9 Å². The fraction of sp³-hybridized carbons (Fsp3) is 0.667. The van der Waals surface area contributed by atoms with Crippen molar-refractivity contribution in [3.05, 3.63) is 0 Å². The maximum Gasteiger partial charge on any atom is 0.314 e. The molecule has 104 valence electrons. The van der Waals surface area contributed by atoms with Gasteiger partial charge in [0.05, 0.1) is 6.42 Å². The average Bonchev–Trinajstić information content (AvgIpc) is 2.16. The highest BCUT2D eigenvalue weighted by Gasteiger charge is 2.14. The van der Waals surface area contributed by atoms with Crippen molar-refractivity contribution in [2.45, 2.75) is 46.5 Å². The van der Waals surface area contributed by atoms with Crippen LogP contribution in [0.4, 0.5) is 0 Å². The number of carboxylic acid groups (broad SMARTS) is 2. The van der Waals surface area contributed by atoms with Crippen LogP contribution in [0.15, 0.2) is 0 Å². The maximum absolute atomic E-state index is 11.2. The Bertz CT molecular complexity index is 292. The van der Waals surface area contributed by atoms with Gasteiger partial charge in [0.25, 0.3) is 0 Å². The molecule has 0 aliphatic carbocycles. The smallest absolute Gasteiger partial charge is 0.314 e. The number of carboxylic acids is 2. The summed E-state index contributed by atoms with van der Waals surface area (Å²) >= 11 is 0. The first kappa shape index (κ1) is 18.6. The van der Waals surface area contributed by atoms with Crippen LogP contribution in [0.5, 0.6) is 0 Å². The summed E-state index contributed by atoms with van der Waals surface area (Å²) in [5.41, 5.74) is 0. The SMILES string of the molecule is CCC(CC)C(=O)CC(C)=O.O=C(O)CC(=O)O. The molecule has 0 aromatic carbocycles. The van der Waals surface area contributed by atoms with Gasteiger partial charge in [-0.25, -0.2) is 0 Å². The van der Waals surface area contributed by atoms with Crippen LogP contribution >= 0.6 is 0 Å². The van der Waals surface area contributed by atoms with Crippen LogP contribution in [0.3, 0.4) is 0 Å². The Labute approximate surface area is 106 Å². The molecule has 0 aromatic heterocycles. The Balaban J connectivity index is 0. The van der Waals surface area contributed by atoms with Gasteiger partial charge >= 0.3 is 11.9 Å². The summed E-state index contributed by atoms with van der Waals surface area (Å²) < 4.78 is 0. The second-order valence-corrected chi connectivity index (χ2v) is 3.82. The third-order valence-corrected chi connectivity index (χ3v) is 2.17. The number of carbonyl (C=O) groups is 4. The second kappa shape index (κ2) is 10.4. The molecule has 0 aliphatic heterocycles. The lowest BCUT2D eigenvalue weighted by Crippen LogP contribution is -2.15. The van der Waals surface area contributed by atoms with E-state index in [4.69, 9.17) is 10.2 Å². The first-order valence-electron chi connectivity index (χ1n) is 5.70. The minimum absolute atomic E-state index is 0.0260. The van der Waals surface area contributed by atoms with E-state index in [2.05, 4.69) is 0 Å². The molecule has 0 aliphatic rings. The third-order valence-electron chi connectivity index (χ3n) is 2.17. The molecule has 0 radical (unpaired) electrons. The number of carbonyl (C=O) groups excluding carboxylic acids is 2. The molecular formula is C12H20O6. The largest absolute Gasteiger partial charge is 0.481 e. The Morgan fingerprint density at radius 1 is 0.889 bits per heavy atom. The van der Waals surface area contributed by atoms with Crippen molar-refractivity contribution in [2.75, 3.05) is 0 Å². The monoisotopic (exact) mass is 260 g/mol. The van der Waals surface area contributed by atoms with Crippen LogP contribution in [-0.2, 0) is 19.2 Å². The standard InChI is InChI=1S/C9H16O2.C3H4O4/c1-4-8(5-2)9(11)6-7(3)10;4-2(5)1-3(6)7/h8H,4-6H2,1-3H3;1H2,(H,4,5)(H,6,7). The Kier molecular flexibility index (Phi) is 10.8. The van der Waals surface area contributed by atoms with Crippen molar-refractivity contribution in [3.63, 3.8) is 0 Å². The molecule has 0 fully saturated rings. The number of aliphatic carboxylic acids is 2. The van der Waals surface area contributed by atoms with E-state index >= 15 is 0 Å². The zero-order valence-electron chi connectivity index (χ0n) is 10.9. The normalized spacial score (nSPS) is 9.33. The van der Waals surface area contributed by atoms with Crippen LogP contribution in [0.25, 0.3) is 0 Å². The number of hydrogen-bond acceptors (Lipinski definition) is 4. The molecule has 0 saturated heterocycles. The number of hydrogen-bond donors (Lipinski definition) is 2. The minimum atomic E-state index is -1.31. The molecule has 2 N–H and O–H groups in total. The van der Waals surface area contributed by atoms with Crippen molar-refractivity contribution in [3.8, 4) is 0 Å². The van der Waals surface area contributed by atoms with Gasteiger partial charge in [-0.15, -0.1) is 0 Å². The minimum Gasteiger partial charge on any atom is -0.481 e. The van der Waals surface area contributed by atoms with Gasteiger partial charge in [0.2, 0.25) is 0 Å². The predicted molar refractivity (Wildman–Crippen MR) is 64.3 cm³/mol. The van der Waals surface area contributed by atoms with Gasteiger partial charge in [0.15, 0.2) is 0 Å². The van der Waals surface area contributed by atoms with E-state index in [1.54, 1.807) is 0 Å². The molecule has 0 atom stereocenters. The first-order chi connectivity index (χ1) is 8.24. The van der Waals surface area contributed by atoms with Gasteiger partial charge in [-0.05, 0) is 19.8 Å². The lowest BCUT2D eigenvalue weighted by Gasteiger charge is -2.08. The van der Waals surface area contributed by atoms with Gasteiger partial charge in [0, 0.05) is 5.92 Å². The van der Waals surface area contributed by atoms with Gasteiger partial charge in [0.1, 0.15) is 18.0 Å². The average molecular weight is 260 g/mol. The highest BCUT2D eigenvalue weighted by atomic mass is 16.4. The first-order valence-corrected chi connectivity index (χ1v) is 5.70. The summed E-state index contributed by atoms with van der Waals surface area (Å²) in [7, 11) is 0. The van der Waals surface area contributed by atoms with Crippen LogP contribution in [0, 0.1) is 5.92 Å². The molecule has 0 amide bonds. The Morgan fingerprint density at radius 3 is 1.44 bits per heavy atom. The Morgan fingerprint density at radius 2 is 1.28 bits per heavy atom. The van der Waals surface area contributed by atoms with E-state index in [1.807, 2.05) is 13.8 Å². The lowest BCUT2D eigenvalue weighted by atomic mass is 9.95. The fourth-order valence-corrected chi connectivity index (χ4v) is 1.26. The van der Waals surface area contributed by atoms with Crippen molar-refractivity contribution in [1.82, 2.24) is 0 Å². The highest BCUT2D eigenvalue weighted by molar-refractivity contribution is 5.98. The molecule has 6 nitrogen and oxygen atoms in total. The van der Waals surface area contributed by atoms with Gasteiger partial charge < -0.3 is 10.2 Å². The lowest BCUT2D eigenvalue weighted by molar-refractivity contribution is -0.147. The van der Waals surface area contributed by atoms with Crippen LogP contribution in [0.1, 0.15) is 46.5 Å². The molecule has 0 rings (SSSR count). The van der Waals surface area contributed by atoms with Crippen molar-refractivity contribution >= 4 is 23.5 Å². The topological polar surface area (TPSA) is 109 Å². The molecule has 0 bridgehead atoms. The summed E-state index contributed by atoms with van der Waals surface area (Å²) in [6.07, 6.45) is 1.01. The molecular weight excluding hydrogens is 240 g/mol. The molecule has 0 aromatic rings. The fourth-order valence-electron chi connectivity index (χ4n) is 1.26. The highest BCUT2D eigenvalue weighted by Crippen LogP contribution is 2.10.